The molecule has 0 aromatic heterocycles. The van der Waals surface area contributed by atoms with Crippen molar-refractivity contribution in [2.75, 3.05) is 20.2 Å². The molecule has 0 amide bonds. The molecular weight excluding hydrogens is 278 g/mol. The van der Waals surface area contributed by atoms with Crippen molar-refractivity contribution in [3.05, 3.63) is 23.3 Å². The number of ketones is 1. The van der Waals surface area contributed by atoms with Gasteiger partial charge in [0.25, 0.3) is 0 Å². The molecule has 4 nitrogen and oxygen atoms in total. The number of hydrogen-bond donors (Lipinski definition) is 1. The maximum Gasteiger partial charge on any atom is 0.160 e. The third-order valence-electron chi connectivity index (χ3n) is 4.97. The van der Waals surface area contributed by atoms with Crippen LogP contribution in [0.15, 0.2) is 12.1 Å². The third-order valence-corrected chi connectivity index (χ3v) is 4.97. The average Bonchev–Trinajstić information content (AvgIpc) is 2.47. The van der Waals surface area contributed by atoms with E-state index in [2.05, 4.69) is 18.7 Å². The van der Waals surface area contributed by atoms with Crippen LogP contribution in [-0.2, 0) is 11.2 Å². The fourth-order valence-corrected chi connectivity index (χ4v) is 3.91. The molecule has 0 bridgehead atoms. The molecule has 1 fully saturated rings. The van der Waals surface area contributed by atoms with E-state index >= 15 is 0 Å². The Balaban J connectivity index is 1.87. The zero-order chi connectivity index (χ0) is 15.9. The number of aromatic hydroxyl groups is 1. The van der Waals surface area contributed by atoms with Gasteiger partial charge in [-0.3, -0.25) is 9.69 Å². The Labute approximate surface area is 132 Å². The zero-order valence-corrected chi connectivity index (χ0v) is 13.6. The molecule has 1 N–H and O–H groups in total. The summed E-state index contributed by atoms with van der Waals surface area (Å²) in [5.41, 5.74) is 2.30. The Kier molecular flexibility index (Phi) is 4.13. The smallest absolute Gasteiger partial charge is 0.160 e. The highest BCUT2D eigenvalue weighted by atomic mass is 16.5. The lowest BCUT2D eigenvalue weighted by molar-refractivity contribution is -0.129. The fraction of sp³-hybridized carbons (Fsp3) is 0.611. The van der Waals surface area contributed by atoms with Crippen molar-refractivity contribution in [1.29, 1.82) is 0 Å². The van der Waals surface area contributed by atoms with Gasteiger partial charge < -0.3 is 9.84 Å². The Morgan fingerprint density at radius 2 is 2.18 bits per heavy atom. The van der Waals surface area contributed by atoms with Gasteiger partial charge in [0.05, 0.1) is 7.11 Å². The summed E-state index contributed by atoms with van der Waals surface area (Å²) in [6.07, 6.45) is 2.49. The van der Waals surface area contributed by atoms with E-state index in [9.17, 15) is 9.90 Å². The van der Waals surface area contributed by atoms with Gasteiger partial charge in [0, 0.05) is 31.5 Å². The molecule has 1 aromatic carbocycles. The first-order chi connectivity index (χ1) is 10.5. The molecule has 120 valence electrons. The molecule has 2 unspecified atom stereocenters. The van der Waals surface area contributed by atoms with Gasteiger partial charge in [0.2, 0.25) is 0 Å². The van der Waals surface area contributed by atoms with Gasteiger partial charge in [-0.25, -0.2) is 0 Å². The number of benzene rings is 1. The number of methoxy groups -OCH3 is 1. The van der Waals surface area contributed by atoms with Gasteiger partial charge in [0.15, 0.2) is 11.5 Å². The summed E-state index contributed by atoms with van der Waals surface area (Å²) in [5.74, 6) is 1.78. The van der Waals surface area contributed by atoms with Crippen LogP contribution in [0.5, 0.6) is 11.5 Å². The number of carbonyl (C=O) groups is 1. The second kappa shape index (κ2) is 5.92. The molecule has 3 rings (SSSR count). The number of fused-ring (bicyclic) bond motifs is 3. The SMILES string of the molecule is COc1cc2c(cc1O)C1CC(=O)C(CC(C)C)CN1CC2. The van der Waals surface area contributed by atoms with Crippen LogP contribution in [-0.4, -0.2) is 36.0 Å². The largest absolute Gasteiger partial charge is 0.504 e. The van der Waals surface area contributed by atoms with Crippen molar-refractivity contribution in [3.8, 4) is 11.5 Å². The van der Waals surface area contributed by atoms with Crippen LogP contribution in [0, 0.1) is 11.8 Å². The third kappa shape index (κ3) is 2.72. The lowest BCUT2D eigenvalue weighted by atomic mass is 9.80. The highest BCUT2D eigenvalue weighted by Crippen LogP contribution is 2.42. The highest BCUT2D eigenvalue weighted by molar-refractivity contribution is 5.83. The van der Waals surface area contributed by atoms with Gasteiger partial charge >= 0.3 is 0 Å². The summed E-state index contributed by atoms with van der Waals surface area (Å²) in [7, 11) is 1.57. The molecule has 0 spiro atoms. The molecule has 1 aromatic rings. The van der Waals surface area contributed by atoms with E-state index < -0.39 is 0 Å². The van der Waals surface area contributed by atoms with Crippen LogP contribution in [0.2, 0.25) is 0 Å². The number of hydrogen-bond acceptors (Lipinski definition) is 4. The van der Waals surface area contributed by atoms with Crippen LogP contribution in [0.4, 0.5) is 0 Å². The molecular formula is C18H25NO3. The summed E-state index contributed by atoms with van der Waals surface area (Å²) in [4.78, 5) is 14.9. The van der Waals surface area contributed by atoms with Crippen LogP contribution in [0.25, 0.3) is 0 Å². The Morgan fingerprint density at radius 3 is 2.86 bits per heavy atom. The predicted octanol–water partition coefficient (Wildman–Crippen LogP) is 2.94. The molecule has 0 radical (unpaired) electrons. The topological polar surface area (TPSA) is 49.8 Å². The first-order valence-corrected chi connectivity index (χ1v) is 8.16. The summed E-state index contributed by atoms with van der Waals surface area (Å²) in [5, 5.41) is 10.1. The average molecular weight is 303 g/mol. The maximum atomic E-state index is 12.5. The number of ether oxygens (including phenoxy) is 1. The van der Waals surface area contributed by atoms with Gasteiger partial charge in [-0.15, -0.1) is 0 Å². The van der Waals surface area contributed by atoms with Crippen molar-refractivity contribution >= 4 is 5.78 Å². The summed E-state index contributed by atoms with van der Waals surface area (Å²) >= 11 is 0. The molecule has 0 saturated carbocycles. The molecule has 22 heavy (non-hydrogen) atoms. The second-order valence-corrected chi connectivity index (χ2v) is 6.98. The molecule has 2 atom stereocenters. The molecule has 2 aliphatic rings. The number of Topliss-reactive ketones (excluding diaryl/α,β-unsaturated/α-hetero) is 1. The van der Waals surface area contributed by atoms with E-state index in [0.29, 0.717) is 23.9 Å². The highest BCUT2D eigenvalue weighted by Gasteiger charge is 2.38. The van der Waals surface area contributed by atoms with Gasteiger partial charge in [-0.2, -0.15) is 0 Å². The lowest BCUT2D eigenvalue weighted by Gasteiger charge is -2.43. The summed E-state index contributed by atoms with van der Waals surface area (Å²) in [6.45, 7) is 6.19. The number of phenols is 1. The summed E-state index contributed by atoms with van der Waals surface area (Å²) in [6, 6.07) is 3.84. The Hall–Kier alpha value is -1.55. The van der Waals surface area contributed by atoms with Crippen molar-refractivity contribution in [2.45, 2.75) is 39.2 Å². The minimum atomic E-state index is 0.122. The van der Waals surface area contributed by atoms with Gasteiger partial charge in [-0.05, 0) is 42.0 Å². The van der Waals surface area contributed by atoms with E-state index in [0.717, 1.165) is 31.5 Å². The van der Waals surface area contributed by atoms with E-state index in [-0.39, 0.29) is 17.7 Å². The Bertz CT molecular complexity index is 582. The van der Waals surface area contributed by atoms with Gasteiger partial charge in [-0.1, -0.05) is 13.8 Å². The normalized spacial score (nSPS) is 25.0. The van der Waals surface area contributed by atoms with E-state index in [1.54, 1.807) is 13.2 Å². The van der Waals surface area contributed by atoms with Crippen LogP contribution in [0.3, 0.4) is 0 Å². The zero-order valence-electron chi connectivity index (χ0n) is 13.6. The fourth-order valence-electron chi connectivity index (χ4n) is 3.91. The molecule has 0 aliphatic carbocycles. The number of phenolic OH excluding ortho intramolecular Hbond substituents is 1. The molecule has 4 heteroatoms. The lowest BCUT2D eigenvalue weighted by Crippen LogP contribution is -2.46. The number of carbonyl (C=O) groups excluding carboxylic acids is 1. The number of rotatable bonds is 3. The summed E-state index contributed by atoms with van der Waals surface area (Å²) < 4.78 is 5.20. The minimum absolute atomic E-state index is 0.122. The van der Waals surface area contributed by atoms with Crippen molar-refractivity contribution in [3.63, 3.8) is 0 Å². The predicted molar refractivity (Wildman–Crippen MR) is 85.2 cm³/mol. The maximum absolute atomic E-state index is 12.5. The van der Waals surface area contributed by atoms with Crippen LogP contribution >= 0.6 is 0 Å². The van der Waals surface area contributed by atoms with Crippen molar-refractivity contribution in [1.82, 2.24) is 4.90 Å². The number of nitrogens with zero attached hydrogens (tertiary/aromatic N) is 1. The molecule has 1 saturated heterocycles. The quantitative estimate of drug-likeness (QED) is 0.933. The van der Waals surface area contributed by atoms with Crippen LogP contribution < -0.4 is 4.74 Å². The van der Waals surface area contributed by atoms with E-state index in [1.807, 2.05) is 6.07 Å². The number of piperidine rings is 1. The Morgan fingerprint density at radius 1 is 1.41 bits per heavy atom. The van der Waals surface area contributed by atoms with E-state index in [1.165, 1.54) is 5.56 Å². The first kappa shape index (κ1) is 15.3. The molecule has 2 aliphatic heterocycles. The monoisotopic (exact) mass is 303 g/mol. The van der Waals surface area contributed by atoms with Crippen molar-refractivity contribution in [2.24, 2.45) is 11.8 Å². The van der Waals surface area contributed by atoms with Gasteiger partial charge in [0.1, 0.15) is 5.78 Å². The first-order valence-electron chi connectivity index (χ1n) is 8.16. The van der Waals surface area contributed by atoms with E-state index in [4.69, 9.17) is 4.74 Å². The second-order valence-electron chi connectivity index (χ2n) is 6.98. The van der Waals surface area contributed by atoms with Crippen molar-refractivity contribution < 1.29 is 14.6 Å². The standard InChI is InChI=1S/C18H25NO3/c1-11(2)6-13-10-19-5-4-12-7-18(22-3)17(21)8-14(12)15(19)9-16(13)20/h7-8,11,13,15,21H,4-6,9-10H2,1-3H3. The minimum Gasteiger partial charge on any atom is -0.504 e. The van der Waals surface area contributed by atoms with Crippen LogP contribution in [0.1, 0.15) is 43.9 Å². The molecule has 2 heterocycles.